The molecule has 0 aliphatic rings. The van der Waals surface area contributed by atoms with E-state index in [0.29, 0.717) is 19.3 Å². The van der Waals surface area contributed by atoms with E-state index in [1.54, 1.807) is 0 Å². The maximum Gasteiger partial charge on any atom is 0.324 e. The van der Waals surface area contributed by atoms with Gasteiger partial charge in [-0.1, -0.05) is 78.6 Å². The van der Waals surface area contributed by atoms with Crippen LogP contribution in [0.4, 0.5) is 0 Å². The maximum absolute atomic E-state index is 12.6. The van der Waals surface area contributed by atoms with Gasteiger partial charge < -0.3 is 18.8 Å². The van der Waals surface area contributed by atoms with E-state index < -0.39 is 39.2 Å². The number of esters is 3. The SMILES string of the molecule is CCCCCCOC(=O)C(C(=O)OCCCCCC)C(C(=O)OCCCCCC)S(=O)(=O)[O-]. The molecule has 0 saturated heterocycles. The first-order chi connectivity index (χ1) is 15.7. The molecule has 9 nitrogen and oxygen atoms in total. The highest BCUT2D eigenvalue weighted by atomic mass is 32.2. The van der Waals surface area contributed by atoms with Crippen molar-refractivity contribution in [3.05, 3.63) is 0 Å². The van der Waals surface area contributed by atoms with Crippen molar-refractivity contribution < 1.29 is 41.6 Å². The molecule has 0 amide bonds. The zero-order chi connectivity index (χ0) is 25.1. The largest absolute Gasteiger partial charge is 0.747 e. The number of ether oxygens (including phenoxy) is 3. The lowest BCUT2D eigenvalue weighted by Gasteiger charge is -2.25. The van der Waals surface area contributed by atoms with Crippen molar-refractivity contribution >= 4 is 28.0 Å². The quantitative estimate of drug-likeness (QED) is 0.0813. The van der Waals surface area contributed by atoms with Crippen molar-refractivity contribution in [2.75, 3.05) is 19.8 Å². The lowest BCUT2D eigenvalue weighted by atomic mass is 10.1. The third kappa shape index (κ3) is 14.2. The normalized spacial score (nSPS) is 12.4. The molecule has 0 N–H and O–H groups in total. The Morgan fingerprint density at radius 3 is 1.24 bits per heavy atom. The third-order valence-corrected chi connectivity index (χ3v) is 6.17. The summed E-state index contributed by atoms with van der Waals surface area (Å²) in [5, 5.41) is -2.55. The molecular weight excluding hydrogens is 452 g/mol. The molecule has 194 valence electrons. The molecule has 0 bridgehead atoms. The van der Waals surface area contributed by atoms with Crippen molar-refractivity contribution in [3.63, 3.8) is 0 Å². The minimum Gasteiger partial charge on any atom is -0.747 e. The molecule has 1 atom stereocenters. The van der Waals surface area contributed by atoms with Crippen LogP contribution in [-0.2, 0) is 38.7 Å². The Morgan fingerprint density at radius 2 is 0.939 bits per heavy atom. The number of carbonyl (C=O) groups is 3. The van der Waals surface area contributed by atoms with E-state index in [9.17, 15) is 27.4 Å². The smallest absolute Gasteiger partial charge is 0.324 e. The molecule has 0 saturated carbocycles. The lowest BCUT2D eigenvalue weighted by molar-refractivity contribution is -0.166. The number of unbranched alkanes of at least 4 members (excludes halogenated alkanes) is 9. The van der Waals surface area contributed by atoms with E-state index in [0.717, 1.165) is 57.8 Å². The van der Waals surface area contributed by atoms with Gasteiger partial charge in [0.25, 0.3) is 0 Å². The molecule has 0 rings (SSSR count). The van der Waals surface area contributed by atoms with Crippen LogP contribution in [0.1, 0.15) is 97.8 Å². The Kier molecular flexibility index (Phi) is 17.8. The van der Waals surface area contributed by atoms with E-state index in [4.69, 9.17) is 14.2 Å². The average Bonchev–Trinajstić information content (AvgIpc) is 2.75. The van der Waals surface area contributed by atoms with Crippen LogP contribution in [0.5, 0.6) is 0 Å². The predicted octanol–water partition coefficient (Wildman–Crippen LogP) is 3.89. The average molecular weight is 494 g/mol. The van der Waals surface area contributed by atoms with Gasteiger partial charge in [0.15, 0.2) is 11.2 Å². The van der Waals surface area contributed by atoms with Crippen molar-refractivity contribution in [3.8, 4) is 0 Å². The highest BCUT2D eigenvalue weighted by Crippen LogP contribution is 2.20. The zero-order valence-corrected chi connectivity index (χ0v) is 21.2. The second kappa shape index (κ2) is 18.7. The maximum atomic E-state index is 12.6. The Bertz CT molecular complexity index is 635. The van der Waals surface area contributed by atoms with Gasteiger partial charge in [0.05, 0.1) is 19.8 Å². The first-order valence-corrected chi connectivity index (χ1v) is 13.6. The minimum atomic E-state index is -5.41. The van der Waals surface area contributed by atoms with Crippen molar-refractivity contribution in [2.45, 2.75) is 103 Å². The Balaban J connectivity index is 5.39. The molecule has 0 heterocycles. The molecule has 0 aliphatic heterocycles. The fourth-order valence-corrected chi connectivity index (χ4v) is 3.99. The first-order valence-electron chi connectivity index (χ1n) is 12.1. The van der Waals surface area contributed by atoms with Crippen molar-refractivity contribution in [2.24, 2.45) is 5.92 Å². The zero-order valence-electron chi connectivity index (χ0n) is 20.3. The molecule has 0 aromatic heterocycles. The number of rotatable bonds is 20. The van der Waals surface area contributed by atoms with Crippen LogP contribution in [-0.4, -0.2) is 55.9 Å². The highest BCUT2D eigenvalue weighted by molar-refractivity contribution is 7.87. The summed E-state index contributed by atoms with van der Waals surface area (Å²) < 4.78 is 50.8. The number of carbonyl (C=O) groups excluding carboxylic acids is 3. The molecule has 33 heavy (non-hydrogen) atoms. The van der Waals surface area contributed by atoms with E-state index in [1.165, 1.54) is 0 Å². The summed E-state index contributed by atoms with van der Waals surface area (Å²) in [6.07, 6.45) is 9.40. The molecule has 0 aliphatic carbocycles. The van der Waals surface area contributed by atoms with Gasteiger partial charge in [-0.3, -0.25) is 14.4 Å². The van der Waals surface area contributed by atoms with Crippen LogP contribution >= 0.6 is 0 Å². The van der Waals surface area contributed by atoms with Gasteiger partial charge in [0, 0.05) is 0 Å². The van der Waals surface area contributed by atoms with Gasteiger partial charge in [-0.15, -0.1) is 0 Å². The molecular formula is C23H41O9S-. The summed E-state index contributed by atoms with van der Waals surface area (Å²) in [4.78, 5) is 37.7. The summed E-state index contributed by atoms with van der Waals surface area (Å²) >= 11 is 0. The standard InChI is InChI=1S/C23H42O9S/c1-4-7-10-13-16-30-21(24)19(22(25)31-17-14-11-8-5-2)20(33(27,28)29)23(26)32-18-15-12-9-6-3/h19-20H,4-18H2,1-3H3,(H,27,28,29)/p-1. The molecule has 0 spiro atoms. The second-order valence-electron chi connectivity index (χ2n) is 8.08. The topological polar surface area (TPSA) is 136 Å². The highest BCUT2D eigenvalue weighted by Gasteiger charge is 2.47. The van der Waals surface area contributed by atoms with Gasteiger partial charge >= 0.3 is 17.9 Å². The summed E-state index contributed by atoms with van der Waals surface area (Å²) in [6.45, 7) is 5.79. The van der Waals surface area contributed by atoms with E-state index in [1.807, 2.05) is 20.8 Å². The van der Waals surface area contributed by atoms with Gasteiger partial charge in [0.2, 0.25) is 0 Å². The van der Waals surface area contributed by atoms with Crippen LogP contribution in [0, 0.1) is 5.92 Å². The molecule has 0 aromatic carbocycles. The van der Waals surface area contributed by atoms with Crippen molar-refractivity contribution in [1.29, 1.82) is 0 Å². The van der Waals surface area contributed by atoms with Crippen LogP contribution in [0.25, 0.3) is 0 Å². The number of hydrogen-bond donors (Lipinski definition) is 0. The van der Waals surface area contributed by atoms with Crippen molar-refractivity contribution in [1.82, 2.24) is 0 Å². The number of hydrogen-bond acceptors (Lipinski definition) is 9. The van der Waals surface area contributed by atoms with E-state index >= 15 is 0 Å². The van der Waals surface area contributed by atoms with Gasteiger partial charge in [-0.05, 0) is 19.3 Å². The summed E-state index contributed by atoms with van der Waals surface area (Å²) in [5.41, 5.74) is 0. The monoisotopic (exact) mass is 493 g/mol. The van der Waals surface area contributed by atoms with Crippen LogP contribution in [0.2, 0.25) is 0 Å². The van der Waals surface area contributed by atoms with Crippen LogP contribution < -0.4 is 0 Å². The predicted molar refractivity (Wildman–Crippen MR) is 122 cm³/mol. The first kappa shape index (κ1) is 31.3. The summed E-state index contributed by atoms with van der Waals surface area (Å²) in [6, 6.07) is 0. The van der Waals surface area contributed by atoms with E-state index in [2.05, 4.69) is 0 Å². The molecule has 1 unspecified atom stereocenters. The lowest BCUT2D eigenvalue weighted by Crippen LogP contribution is -2.47. The van der Waals surface area contributed by atoms with Gasteiger partial charge in [-0.25, -0.2) is 8.42 Å². The second-order valence-corrected chi connectivity index (χ2v) is 9.57. The summed E-state index contributed by atoms with van der Waals surface area (Å²) in [7, 11) is -5.41. The third-order valence-electron chi connectivity index (χ3n) is 5.08. The molecule has 0 aromatic rings. The molecule has 0 fully saturated rings. The van der Waals surface area contributed by atoms with Gasteiger partial charge in [0.1, 0.15) is 10.1 Å². The molecule has 0 radical (unpaired) electrons. The van der Waals surface area contributed by atoms with Crippen LogP contribution in [0.3, 0.4) is 0 Å². The minimum absolute atomic E-state index is 0.0587. The fraction of sp³-hybridized carbons (Fsp3) is 0.870. The summed E-state index contributed by atoms with van der Waals surface area (Å²) in [5.74, 6) is -6.18. The van der Waals surface area contributed by atoms with E-state index in [-0.39, 0.29) is 19.8 Å². The Hall–Kier alpha value is -1.68. The van der Waals surface area contributed by atoms with Crippen LogP contribution in [0.15, 0.2) is 0 Å². The molecule has 10 heteroatoms. The fourth-order valence-electron chi connectivity index (χ4n) is 3.13. The Morgan fingerprint density at radius 1 is 0.606 bits per heavy atom. The Labute approximate surface area is 198 Å². The van der Waals surface area contributed by atoms with Gasteiger partial charge in [-0.2, -0.15) is 0 Å².